The lowest BCUT2D eigenvalue weighted by molar-refractivity contribution is 0.422. The Morgan fingerprint density at radius 1 is 1.14 bits per heavy atom. The normalized spacial score (nSPS) is 15.1. The van der Waals surface area contributed by atoms with Crippen molar-refractivity contribution < 1.29 is 0 Å². The van der Waals surface area contributed by atoms with E-state index >= 15 is 0 Å². The first-order valence-electron chi connectivity index (χ1n) is 5.49. The zero-order chi connectivity index (χ0) is 10.4. The molecule has 0 spiro atoms. The molecule has 1 nitrogen and oxygen atoms in total. The monoisotopic (exact) mass is 191 g/mol. The van der Waals surface area contributed by atoms with Crippen LogP contribution in [0.2, 0.25) is 0 Å². The highest BCUT2D eigenvalue weighted by Crippen LogP contribution is 2.26. The topological polar surface area (TPSA) is 12.0 Å². The average molecular weight is 191 g/mol. The summed E-state index contributed by atoms with van der Waals surface area (Å²) in [5, 5.41) is 3.44. The summed E-state index contributed by atoms with van der Waals surface area (Å²) < 4.78 is 0. The van der Waals surface area contributed by atoms with E-state index in [1.165, 1.54) is 12.0 Å². The van der Waals surface area contributed by atoms with Gasteiger partial charge in [0, 0.05) is 12.0 Å². The van der Waals surface area contributed by atoms with Gasteiger partial charge in [0.25, 0.3) is 0 Å². The number of hydrogen-bond acceptors (Lipinski definition) is 1. The van der Waals surface area contributed by atoms with Gasteiger partial charge < -0.3 is 5.32 Å². The summed E-state index contributed by atoms with van der Waals surface area (Å²) in [5.41, 5.74) is 1.71. The lowest BCUT2D eigenvalue weighted by atomic mass is 9.80. The number of rotatable bonds is 5. The van der Waals surface area contributed by atoms with Crippen LogP contribution in [-0.2, 0) is 5.41 Å². The number of benzene rings is 1. The van der Waals surface area contributed by atoms with Crippen LogP contribution in [-0.4, -0.2) is 13.1 Å². The molecule has 1 aromatic rings. The van der Waals surface area contributed by atoms with Gasteiger partial charge in [-0.1, -0.05) is 51.1 Å². The van der Waals surface area contributed by atoms with Gasteiger partial charge in [0.15, 0.2) is 0 Å². The van der Waals surface area contributed by atoms with E-state index in [-0.39, 0.29) is 5.41 Å². The number of likely N-dealkylation sites (N-methyl/N-ethyl adjacent to an activating group) is 1. The van der Waals surface area contributed by atoms with E-state index in [0.717, 1.165) is 13.1 Å². The van der Waals surface area contributed by atoms with Crippen molar-refractivity contribution in [3.05, 3.63) is 35.9 Å². The van der Waals surface area contributed by atoms with Gasteiger partial charge in [0.2, 0.25) is 0 Å². The van der Waals surface area contributed by atoms with Crippen LogP contribution in [0.3, 0.4) is 0 Å². The second-order valence-corrected chi connectivity index (χ2v) is 4.06. The predicted molar refractivity (Wildman–Crippen MR) is 62.6 cm³/mol. The Bertz CT molecular complexity index is 255. The minimum absolute atomic E-state index is 0.275. The molecule has 0 aliphatic rings. The van der Waals surface area contributed by atoms with E-state index in [0.29, 0.717) is 0 Å². The van der Waals surface area contributed by atoms with Gasteiger partial charge >= 0.3 is 0 Å². The van der Waals surface area contributed by atoms with Crippen molar-refractivity contribution in [3.63, 3.8) is 0 Å². The van der Waals surface area contributed by atoms with Crippen LogP contribution in [0.5, 0.6) is 0 Å². The first-order chi connectivity index (χ1) is 6.73. The molecule has 0 amide bonds. The van der Waals surface area contributed by atoms with Crippen molar-refractivity contribution in [3.8, 4) is 0 Å². The summed E-state index contributed by atoms with van der Waals surface area (Å²) in [5.74, 6) is 0. The molecule has 1 unspecified atom stereocenters. The maximum absolute atomic E-state index is 3.44. The van der Waals surface area contributed by atoms with Crippen LogP contribution in [0.15, 0.2) is 30.3 Å². The van der Waals surface area contributed by atoms with E-state index in [1.807, 2.05) is 0 Å². The molecule has 0 aliphatic heterocycles. The van der Waals surface area contributed by atoms with Crippen LogP contribution >= 0.6 is 0 Å². The Labute approximate surface area is 87.5 Å². The van der Waals surface area contributed by atoms with Gasteiger partial charge in [0.05, 0.1) is 0 Å². The quantitative estimate of drug-likeness (QED) is 0.754. The van der Waals surface area contributed by atoms with Gasteiger partial charge in [-0.15, -0.1) is 0 Å². The maximum Gasteiger partial charge on any atom is 0.00469 e. The molecule has 1 heteroatoms. The fourth-order valence-corrected chi connectivity index (χ4v) is 1.67. The summed E-state index contributed by atoms with van der Waals surface area (Å²) in [6.07, 6.45) is 1.17. The molecule has 0 aliphatic carbocycles. The molecule has 0 heterocycles. The van der Waals surface area contributed by atoms with Crippen molar-refractivity contribution in [1.82, 2.24) is 5.32 Å². The minimum atomic E-state index is 0.275. The molecule has 0 saturated heterocycles. The zero-order valence-electron chi connectivity index (χ0n) is 9.51. The van der Waals surface area contributed by atoms with Gasteiger partial charge in [-0.2, -0.15) is 0 Å². The molecule has 1 rings (SSSR count). The lowest BCUT2D eigenvalue weighted by Crippen LogP contribution is -2.34. The van der Waals surface area contributed by atoms with Crippen LogP contribution in [0.1, 0.15) is 32.8 Å². The molecule has 78 valence electrons. The first kappa shape index (κ1) is 11.3. The second kappa shape index (κ2) is 5.16. The Hall–Kier alpha value is -0.820. The van der Waals surface area contributed by atoms with E-state index in [2.05, 4.69) is 56.4 Å². The highest BCUT2D eigenvalue weighted by atomic mass is 14.9. The Morgan fingerprint density at radius 2 is 1.79 bits per heavy atom. The third-order valence-electron chi connectivity index (χ3n) is 3.02. The number of hydrogen-bond donors (Lipinski definition) is 1. The smallest absolute Gasteiger partial charge is 0.00469 e. The Balaban J connectivity index is 2.79. The molecule has 1 aromatic carbocycles. The fraction of sp³-hybridized carbons (Fsp3) is 0.538. The van der Waals surface area contributed by atoms with E-state index in [4.69, 9.17) is 0 Å². The zero-order valence-corrected chi connectivity index (χ0v) is 9.51. The summed E-state index contributed by atoms with van der Waals surface area (Å²) >= 11 is 0. The summed E-state index contributed by atoms with van der Waals surface area (Å²) in [6, 6.07) is 10.8. The molecule has 0 fully saturated rings. The molecular weight excluding hydrogens is 170 g/mol. The standard InChI is InChI=1S/C13H21N/c1-4-13(3,11-14-5-2)12-9-7-6-8-10-12/h6-10,14H,4-5,11H2,1-3H3. The first-order valence-corrected chi connectivity index (χ1v) is 5.49. The summed E-state index contributed by atoms with van der Waals surface area (Å²) in [7, 11) is 0. The van der Waals surface area contributed by atoms with Crippen molar-refractivity contribution >= 4 is 0 Å². The Morgan fingerprint density at radius 3 is 2.29 bits per heavy atom. The van der Waals surface area contributed by atoms with Crippen molar-refractivity contribution in [1.29, 1.82) is 0 Å². The van der Waals surface area contributed by atoms with Gasteiger partial charge in [-0.05, 0) is 18.5 Å². The van der Waals surface area contributed by atoms with E-state index < -0.39 is 0 Å². The molecule has 1 atom stereocenters. The highest BCUT2D eigenvalue weighted by molar-refractivity contribution is 5.24. The molecule has 1 N–H and O–H groups in total. The average Bonchev–Trinajstić information content (AvgIpc) is 2.27. The maximum atomic E-state index is 3.44. The highest BCUT2D eigenvalue weighted by Gasteiger charge is 2.23. The molecule has 0 aromatic heterocycles. The van der Waals surface area contributed by atoms with E-state index in [1.54, 1.807) is 0 Å². The van der Waals surface area contributed by atoms with Crippen LogP contribution in [0.25, 0.3) is 0 Å². The summed E-state index contributed by atoms with van der Waals surface area (Å²) in [4.78, 5) is 0. The number of nitrogens with one attached hydrogen (secondary N) is 1. The third-order valence-corrected chi connectivity index (χ3v) is 3.02. The van der Waals surface area contributed by atoms with E-state index in [9.17, 15) is 0 Å². The van der Waals surface area contributed by atoms with Gasteiger partial charge in [-0.25, -0.2) is 0 Å². The molecule has 0 saturated carbocycles. The van der Waals surface area contributed by atoms with Crippen LogP contribution in [0.4, 0.5) is 0 Å². The van der Waals surface area contributed by atoms with Crippen molar-refractivity contribution in [2.24, 2.45) is 0 Å². The Kier molecular flexibility index (Phi) is 4.15. The lowest BCUT2D eigenvalue weighted by Gasteiger charge is -2.29. The SMILES string of the molecule is CCNCC(C)(CC)c1ccccc1. The molecule has 14 heavy (non-hydrogen) atoms. The van der Waals surface area contributed by atoms with Crippen LogP contribution < -0.4 is 5.32 Å². The second-order valence-electron chi connectivity index (χ2n) is 4.06. The van der Waals surface area contributed by atoms with Crippen molar-refractivity contribution in [2.45, 2.75) is 32.6 Å². The predicted octanol–water partition coefficient (Wildman–Crippen LogP) is 2.96. The summed E-state index contributed by atoms with van der Waals surface area (Å²) in [6.45, 7) is 8.84. The largest absolute Gasteiger partial charge is 0.316 e. The van der Waals surface area contributed by atoms with Gasteiger partial charge in [0.1, 0.15) is 0 Å². The van der Waals surface area contributed by atoms with Gasteiger partial charge in [-0.3, -0.25) is 0 Å². The molecular formula is C13H21N. The third kappa shape index (κ3) is 2.58. The fourth-order valence-electron chi connectivity index (χ4n) is 1.67. The molecule has 0 radical (unpaired) electrons. The van der Waals surface area contributed by atoms with Crippen LogP contribution in [0, 0.1) is 0 Å². The molecule has 0 bridgehead atoms. The van der Waals surface area contributed by atoms with Crippen molar-refractivity contribution in [2.75, 3.05) is 13.1 Å². The minimum Gasteiger partial charge on any atom is -0.316 e.